The van der Waals surface area contributed by atoms with Gasteiger partial charge in [-0.3, -0.25) is 0 Å². The Morgan fingerprint density at radius 3 is 2.25 bits per heavy atom. The van der Waals surface area contributed by atoms with Crippen LogP contribution in [0.4, 0.5) is 4.79 Å². The molecule has 0 saturated carbocycles. The van der Waals surface area contributed by atoms with Crippen LogP contribution in [0.25, 0.3) is 11.1 Å². The zero-order chi connectivity index (χ0) is 40.3. The second kappa shape index (κ2) is 19.5. The molecule has 0 radical (unpaired) electrons. The molecule has 0 aromatic heterocycles. The van der Waals surface area contributed by atoms with E-state index in [-0.39, 0.29) is 37.0 Å². The van der Waals surface area contributed by atoms with Gasteiger partial charge in [0.15, 0.2) is 6.29 Å². The molecule has 5 N–H and O–H groups in total. The van der Waals surface area contributed by atoms with E-state index in [1.165, 1.54) is 7.11 Å². The molecule has 1 aliphatic rings. The molecule has 5 aromatic carbocycles. The normalized spacial score (nSPS) is 19.1. The number of phenolic OH excluding ortho intramolecular Hbond substituents is 1. The molecule has 298 valence electrons. The van der Waals surface area contributed by atoms with Crippen molar-refractivity contribution in [3.05, 3.63) is 161 Å². The summed E-state index contributed by atoms with van der Waals surface area (Å²) >= 11 is 0. The fraction of sp³-hybridized carbons (Fsp3) is 0.304. The van der Waals surface area contributed by atoms with Crippen LogP contribution in [0.1, 0.15) is 58.8 Å². The molecule has 11 heteroatoms. The molecule has 0 aliphatic carbocycles. The summed E-state index contributed by atoms with van der Waals surface area (Å²) in [6.45, 7) is 3.12. The molecule has 1 saturated heterocycles. The Balaban J connectivity index is 1.15. The van der Waals surface area contributed by atoms with E-state index in [2.05, 4.69) is 17.6 Å². The molecular formula is C46H51N3O8. The van der Waals surface area contributed by atoms with Gasteiger partial charge in [0.1, 0.15) is 11.8 Å². The topological polar surface area (TPSA) is 150 Å². The van der Waals surface area contributed by atoms with Crippen molar-refractivity contribution in [1.82, 2.24) is 15.5 Å². The van der Waals surface area contributed by atoms with Gasteiger partial charge in [-0.2, -0.15) is 0 Å². The summed E-state index contributed by atoms with van der Waals surface area (Å²) in [4.78, 5) is 27.5. The van der Waals surface area contributed by atoms with Crippen LogP contribution in [0.15, 0.2) is 127 Å². The molecule has 6 rings (SSSR count). The third kappa shape index (κ3) is 10.9. The number of carbonyl (C=O) groups excluding carboxylic acids is 2. The van der Waals surface area contributed by atoms with E-state index in [0.29, 0.717) is 25.1 Å². The molecular weight excluding hydrogens is 723 g/mol. The lowest BCUT2D eigenvalue weighted by atomic mass is 9.90. The van der Waals surface area contributed by atoms with Crippen LogP contribution in [0.5, 0.6) is 5.75 Å². The highest BCUT2D eigenvalue weighted by Crippen LogP contribution is 2.42. The molecule has 6 atom stereocenters. The highest BCUT2D eigenvalue weighted by atomic mass is 16.7. The number of nitrogens with zero attached hydrogens (tertiary/aromatic N) is 1. The number of phenols is 1. The zero-order valence-electron chi connectivity index (χ0n) is 32.5. The van der Waals surface area contributed by atoms with Gasteiger partial charge in [0, 0.05) is 37.5 Å². The van der Waals surface area contributed by atoms with Gasteiger partial charge >= 0.3 is 12.0 Å². The SMILES string of the molecule is COC(=O)[C@H](Cc1ccccc1)NC(=O)NCc1ccccc1-c1ccc([C@@H]2O[C@H](CN(C)C[C@@H](O)c3cccc(O)c3)[C@H](C)[C@H](c3ccc(CO)cc3)O2)cc1. The van der Waals surface area contributed by atoms with E-state index < -0.39 is 30.4 Å². The molecule has 1 fully saturated rings. The first kappa shape index (κ1) is 41.1. The Hall–Kier alpha value is -5.56. The number of aliphatic hydroxyl groups excluding tert-OH is 2. The van der Waals surface area contributed by atoms with Crippen LogP contribution in [-0.2, 0) is 38.6 Å². The second-order valence-electron chi connectivity index (χ2n) is 14.5. The Bertz CT molecular complexity index is 2060. The van der Waals surface area contributed by atoms with Crippen LogP contribution >= 0.6 is 0 Å². The standard InChI is InChI=1S/C46H51N3O8/c1-30-42(28-49(2)27-41(52)36-13-9-14-38(51)25-36)56-45(57-43(30)34-18-16-32(29-50)17-19-34)35-22-20-33(21-23-35)39-15-8-7-12-37(39)26-47-46(54)48-40(44(53)55-3)24-31-10-5-4-6-11-31/h4-23,25,30,40-43,45,50-52H,24,26-29H2,1-3H3,(H2,47,48,54)/t30-,40-,41+,42+,43+,45+/m0/s1. The Morgan fingerprint density at radius 1 is 0.842 bits per heavy atom. The van der Waals surface area contributed by atoms with Crippen molar-refractivity contribution < 1.29 is 39.1 Å². The highest BCUT2D eigenvalue weighted by Gasteiger charge is 2.39. The summed E-state index contributed by atoms with van der Waals surface area (Å²) in [5, 5.41) is 36.2. The molecule has 0 spiro atoms. The Kier molecular flexibility index (Phi) is 14.1. The number of carbonyl (C=O) groups is 2. The molecule has 5 aromatic rings. The monoisotopic (exact) mass is 773 g/mol. The molecule has 0 unspecified atom stereocenters. The first-order valence-electron chi connectivity index (χ1n) is 19.1. The van der Waals surface area contributed by atoms with Gasteiger partial charge in [0.25, 0.3) is 0 Å². The minimum Gasteiger partial charge on any atom is -0.508 e. The number of nitrogens with one attached hydrogen (secondary N) is 2. The summed E-state index contributed by atoms with van der Waals surface area (Å²) in [5.74, 6) is -0.478. The zero-order valence-corrected chi connectivity index (χ0v) is 32.5. The van der Waals surface area contributed by atoms with E-state index in [9.17, 15) is 24.9 Å². The maximum Gasteiger partial charge on any atom is 0.328 e. The van der Waals surface area contributed by atoms with Crippen LogP contribution in [0.3, 0.4) is 0 Å². The van der Waals surface area contributed by atoms with E-state index in [1.807, 2.05) is 115 Å². The van der Waals surface area contributed by atoms with Gasteiger partial charge in [0.2, 0.25) is 0 Å². The minimum absolute atomic E-state index is 0.0502. The molecule has 2 amide bonds. The minimum atomic E-state index is -0.844. The smallest absolute Gasteiger partial charge is 0.328 e. The predicted octanol–water partition coefficient (Wildman–Crippen LogP) is 6.59. The quantitative estimate of drug-likeness (QED) is 0.0743. The van der Waals surface area contributed by atoms with Gasteiger partial charge in [-0.15, -0.1) is 0 Å². The van der Waals surface area contributed by atoms with E-state index in [0.717, 1.165) is 38.9 Å². The van der Waals surface area contributed by atoms with Gasteiger partial charge in [-0.1, -0.05) is 122 Å². The van der Waals surface area contributed by atoms with Crippen molar-refractivity contribution in [2.24, 2.45) is 5.92 Å². The van der Waals surface area contributed by atoms with E-state index in [4.69, 9.17) is 14.2 Å². The number of urea groups is 1. The highest BCUT2D eigenvalue weighted by molar-refractivity contribution is 5.84. The van der Waals surface area contributed by atoms with Crippen molar-refractivity contribution in [3.8, 4) is 16.9 Å². The third-order valence-electron chi connectivity index (χ3n) is 10.4. The number of methoxy groups -OCH3 is 1. The Labute approximate surface area is 333 Å². The number of aliphatic hydroxyl groups is 2. The predicted molar refractivity (Wildman–Crippen MR) is 217 cm³/mol. The number of benzene rings is 5. The Morgan fingerprint density at radius 2 is 1.54 bits per heavy atom. The van der Waals surface area contributed by atoms with Gasteiger partial charge < -0.3 is 45.1 Å². The fourth-order valence-electron chi connectivity index (χ4n) is 7.19. The first-order chi connectivity index (χ1) is 27.6. The lowest BCUT2D eigenvalue weighted by Gasteiger charge is -2.42. The average Bonchev–Trinajstić information content (AvgIpc) is 3.23. The average molecular weight is 774 g/mol. The van der Waals surface area contributed by atoms with Gasteiger partial charge in [0.05, 0.1) is 32.0 Å². The number of likely N-dealkylation sites (N-methyl/N-ethyl adjacent to an activating group) is 1. The largest absolute Gasteiger partial charge is 0.508 e. The van der Waals surface area contributed by atoms with Crippen LogP contribution < -0.4 is 10.6 Å². The van der Waals surface area contributed by atoms with Crippen molar-refractivity contribution in [2.75, 3.05) is 27.2 Å². The molecule has 0 bridgehead atoms. The number of esters is 1. The van der Waals surface area contributed by atoms with E-state index in [1.54, 1.807) is 24.3 Å². The summed E-state index contributed by atoms with van der Waals surface area (Å²) in [6, 6.07) is 38.3. The maximum absolute atomic E-state index is 13.0. The van der Waals surface area contributed by atoms with E-state index >= 15 is 0 Å². The molecule has 1 heterocycles. The van der Waals surface area contributed by atoms with Gasteiger partial charge in [-0.25, -0.2) is 9.59 Å². The van der Waals surface area contributed by atoms with Crippen molar-refractivity contribution in [2.45, 2.75) is 57.1 Å². The number of hydrogen-bond donors (Lipinski definition) is 5. The number of amides is 2. The summed E-state index contributed by atoms with van der Waals surface area (Å²) in [7, 11) is 3.24. The van der Waals surface area contributed by atoms with Crippen molar-refractivity contribution in [1.29, 1.82) is 0 Å². The van der Waals surface area contributed by atoms with Crippen molar-refractivity contribution >= 4 is 12.0 Å². The van der Waals surface area contributed by atoms with Gasteiger partial charge in [-0.05, 0) is 58.1 Å². The number of ether oxygens (including phenoxy) is 3. The number of aromatic hydroxyl groups is 1. The van der Waals surface area contributed by atoms with Crippen LogP contribution in [-0.4, -0.2) is 71.6 Å². The maximum atomic E-state index is 13.0. The molecule has 57 heavy (non-hydrogen) atoms. The number of rotatable bonds is 15. The second-order valence-corrected chi connectivity index (χ2v) is 14.5. The summed E-state index contributed by atoms with van der Waals surface area (Å²) in [5.41, 5.74) is 6.91. The third-order valence-corrected chi connectivity index (χ3v) is 10.4. The fourth-order valence-corrected chi connectivity index (χ4v) is 7.19. The summed E-state index contributed by atoms with van der Waals surface area (Å²) in [6.07, 6.45) is -1.76. The lowest BCUT2D eigenvalue weighted by molar-refractivity contribution is -0.276. The summed E-state index contributed by atoms with van der Waals surface area (Å²) < 4.78 is 18.3. The molecule has 11 nitrogen and oxygen atoms in total. The first-order valence-corrected chi connectivity index (χ1v) is 19.1. The van der Waals surface area contributed by atoms with Crippen LogP contribution in [0.2, 0.25) is 0 Å². The number of hydrogen-bond acceptors (Lipinski definition) is 9. The lowest BCUT2D eigenvalue weighted by Crippen LogP contribution is -2.47. The van der Waals surface area contributed by atoms with Crippen LogP contribution in [0, 0.1) is 5.92 Å². The molecule has 1 aliphatic heterocycles. The van der Waals surface area contributed by atoms with Crippen molar-refractivity contribution in [3.63, 3.8) is 0 Å².